The summed E-state index contributed by atoms with van der Waals surface area (Å²) < 4.78 is 5.80. The molecular weight excluding hydrogens is 238 g/mol. The van der Waals surface area contributed by atoms with E-state index in [2.05, 4.69) is 9.97 Å². The van der Waals surface area contributed by atoms with Crippen LogP contribution >= 0.6 is 0 Å². The van der Waals surface area contributed by atoms with Crippen LogP contribution in [0.5, 0.6) is 5.75 Å². The second-order valence-corrected chi connectivity index (χ2v) is 4.20. The van der Waals surface area contributed by atoms with Gasteiger partial charge in [-0.25, -0.2) is 0 Å². The maximum absolute atomic E-state index is 5.80. The predicted molar refractivity (Wildman–Crippen MR) is 74.7 cm³/mol. The summed E-state index contributed by atoms with van der Waals surface area (Å²) in [5.74, 6) is 0.801. The molecule has 2 N–H and O–H groups in total. The summed E-state index contributed by atoms with van der Waals surface area (Å²) >= 11 is 0. The SMILES string of the molecule is Nc1ccnc(COc2cccc3ncccc23)c1. The lowest BCUT2D eigenvalue weighted by atomic mass is 10.2. The number of rotatable bonds is 3. The Balaban J connectivity index is 1.86. The van der Waals surface area contributed by atoms with Gasteiger partial charge in [0.2, 0.25) is 0 Å². The largest absolute Gasteiger partial charge is 0.487 e. The molecule has 0 radical (unpaired) electrons. The van der Waals surface area contributed by atoms with Gasteiger partial charge in [0.15, 0.2) is 0 Å². The molecule has 2 heterocycles. The first-order valence-corrected chi connectivity index (χ1v) is 6.00. The minimum atomic E-state index is 0.388. The molecule has 0 aliphatic heterocycles. The minimum Gasteiger partial charge on any atom is -0.487 e. The van der Waals surface area contributed by atoms with E-state index in [1.807, 2.05) is 36.4 Å². The molecule has 0 unspecified atom stereocenters. The fraction of sp³-hybridized carbons (Fsp3) is 0.0667. The lowest BCUT2D eigenvalue weighted by molar-refractivity contribution is 0.305. The summed E-state index contributed by atoms with van der Waals surface area (Å²) in [4.78, 5) is 8.51. The van der Waals surface area contributed by atoms with Crippen molar-refractivity contribution in [1.29, 1.82) is 0 Å². The summed E-state index contributed by atoms with van der Waals surface area (Å²) in [6.07, 6.45) is 3.45. The number of hydrogen-bond donors (Lipinski definition) is 1. The number of pyridine rings is 2. The Morgan fingerprint density at radius 1 is 1.00 bits per heavy atom. The summed E-state index contributed by atoms with van der Waals surface area (Å²) in [6, 6.07) is 13.3. The van der Waals surface area contributed by atoms with Gasteiger partial charge >= 0.3 is 0 Å². The second-order valence-electron chi connectivity index (χ2n) is 4.20. The number of nitrogens with zero attached hydrogens (tertiary/aromatic N) is 2. The van der Waals surface area contributed by atoms with Gasteiger partial charge in [-0.15, -0.1) is 0 Å². The molecule has 0 aliphatic rings. The lowest BCUT2D eigenvalue weighted by Gasteiger charge is -2.08. The van der Waals surface area contributed by atoms with Crippen molar-refractivity contribution < 1.29 is 4.74 Å². The molecule has 3 aromatic rings. The fourth-order valence-electron chi connectivity index (χ4n) is 1.93. The third-order valence-electron chi connectivity index (χ3n) is 2.82. The van der Waals surface area contributed by atoms with Crippen LogP contribution in [0.4, 0.5) is 5.69 Å². The minimum absolute atomic E-state index is 0.388. The molecule has 3 rings (SSSR count). The first-order valence-electron chi connectivity index (χ1n) is 6.00. The Bertz CT molecular complexity index is 707. The lowest BCUT2D eigenvalue weighted by Crippen LogP contribution is -1.99. The maximum atomic E-state index is 5.80. The summed E-state index contributed by atoms with van der Waals surface area (Å²) in [7, 11) is 0. The summed E-state index contributed by atoms with van der Waals surface area (Å²) in [5.41, 5.74) is 8.12. The first kappa shape index (κ1) is 11.5. The highest BCUT2D eigenvalue weighted by atomic mass is 16.5. The predicted octanol–water partition coefficient (Wildman–Crippen LogP) is 2.79. The van der Waals surface area contributed by atoms with E-state index in [1.54, 1.807) is 18.5 Å². The van der Waals surface area contributed by atoms with Crippen molar-refractivity contribution in [2.45, 2.75) is 6.61 Å². The number of benzene rings is 1. The number of fused-ring (bicyclic) bond motifs is 1. The molecule has 0 atom stereocenters. The number of nitrogens with two attached hydrogens (primary N) is 1. The van der Waals surface area contributed by atoms with Gasteiger partial charge < -0.3 is 10.5 Å². The van der Waals surface area contributed by atoms with Crippen molar-refractivity contribution in [1.82, 2.24) is 9.97 Å². The third kappa shape index (κ3) is 2.47. The molecule has 0 saturated heterocycles. The van der Waals surface area contributed by atoms with Crippen molar-refractivity contribution in [3.8, 4) is 5.75 Å². The monoisotopic (exact) mass is 251 g/mol. The van der Waals surface area contributed by atoms with Crippen molar-refractivity contribution in [2.75, 3.05) is 5.73 Å². The van der Waals surface area contributed by atoms with Crippen LogP contribution in [0, 0.1) is 0 Å². The molecule has 4 heteroatoms. The van der Waals surface area contributed by atoms with E-state index in [0.717, 1.165) is 22.3 Å². The van der Waals surface area contributed by atoms with Crippen LogP contribution in [-0.2, 0) is 6.61 Å². The zero-order valence-electron chi connectivity index (χ0n) is 10.3. The molecule has 1 aromatic carbocycles. The molecular formula is C15H13N3O. The normalized spacial score (nSPS) is 10.5. The number of hydrogen-bond acceptors (Lipinski definition) is 4. The van der Waals surface area contributed by atoms with E-state index >= 15 is 0 Å². The Labute approximate surface area is 110 Å². The zero-order chi connectivity index (χ0) is 13.1. The van der Waals surface area contributed by atoms with E-state index in [0.29, 0.717) is 12.3 Å². The van der Waals surface area contributed by atoms with E-state index in [4.69, 9.17) is 10.5 Å². The highest BCUT2D eigenvalue weighted by Crippen LogP contribution is 2.24. The van der Waals surface area contributed by atoms with Gasteiger partial charge in [-0.3, -0.25) is 9.97 Å². The van der Waals surface area contributed by atoms with E-state index < -0.39 is 0 Å². The van der Waals surface area contributed by atoms with Crippen LogP contribution in [0.2, 0.25) is 0 Å². The maximum Gasteiger partial charge on any atom is 0.130 e. The quantitative estimate of drug-likeness (QED) is 0.777. The highest BCUT2D eigenvalue weighted by Gasteiger charge is 2.03. The molecule has 0 fully saturated rings. The van der Waals surface area contributed by atoms with Crippen molar-refractivity contribution >= 4 is 16.6 Å². The van der Waals surface area contributed by atoms with Crippen LogP contribution < -0.4 is 10.5 Å². The van der Waals surface area contributed by atoms with Gasteiger partial charge in [0.1, 0.15) is 12.4 Å². The van der Waals surface area contributed by atoms with E-state index in [1.165, 1.54) is 0 Å². The molecule has 0 saturated carbocycles. The van der Waals surface area contributed by atoms with Crippen LogP contribution in [0.3, 0.4) is 0 Å². The Kier molecular flexibility index (Phi) is 2.98. The molecule has 0 bridgehead atoms. The molecule has 0 amide bonds. The topological polar surface area (TPSA) is 61.0 Å². The second kappa shape index (κ2) is 4.94. The number of anilines is 1. The van der Waals surface area contributed by atoms with E-state index in [9.17, 15) is 0 Å². The Morgan fingerprint density at radius 2 is 1.95 bits per heavy atom. The van der Waals surface area contributed by atoms with Crippen LogP contribution in [0.25, 0.3) is 10.9 Å². The first-order chi connectivity index (χ1) is 9.33. The average molecular weight is 251 g/mol. The molecule has 0 aliphatic carbocycles. The zero-order valence-corrected chi connectivity index (χ0v) is 10.3. The standard InChI is InChI=1S/C15H13N3O/c16-11-6-8-17-12(9-11)10-19-15-5-1-4-14-13(15)3-2-7-18-14/h1-9H,10H2,(H2,16,17). The summed E-state index contributed by atoms with van der Waals surface area (Å²) in [5, 5.41) is 0.994. The smallest absolute Gasteiger partial charge is 0.130 e. The van der Waals surface area contributed by atoms with Crippen molar-refractivity contribution in [2.24, 2.45) is 0 Å². The Hall–Kier alpha value is -2.62. The van der Waals surface area contributed by atoms with Crippen LogP contribution in [-0.4, -0.2) is 9.97 Å². The van der Waals surface area contributed by atoms with Crippen molar-refractivity contribution in [3.63, 3.8) is 0 Å². The Morgan fingerprint density at radius 3 is 2.84 bits per heavy atom. The number of nitrogen functional groups attached to an aromatic ring is 1. The van der Waals surface area contributed by atoms with Crippen LogP contribution in [0.1, 0.15) is 5.69 Å². The van der Waals surface area contributed by atoms with Crippen molar-refractivity contribution in [3.05, 3.63) is 60.6 Å². The third-order valence-corrected chi connectivity index (χ3v) is 2.82. The van der Waals surface area contributed by atoms with Gasteiger partial charge in [0, 0.05) is 23.5 Å². The van der Waals surface area contributed by atoms with Gasteiger partial charge in [-0.2, -0.15) is 0 Å². The number of aromatic nitrogens is 2. The number of ether oxygens (including phenoxy) is 1. The van der Waals surface area contributed by atoms with E-state index in [-0.39, 0.29) is 0 Å². The molecule has 0 spiro atoms. The van der Waals surface area contributed by atoms with Crippen LogP contribution in [0.15, 0.2) is 54.9 Å². The molecule has 4 nitrogen and oxygen atoms in total. The molecule has 2 aromatic heterocycles. The molecule has 94 valence electrons. The van der Waals surface area contributed by atoms with Gasteiger partial charge in [0.05, 0.1) is 11.2 Å². The van der Waals surface area contributed by atoms with Gasteiger partial charge in [-0.05, 0) is 36.4 Å². The van der Waals surface area contributed by atoms with Gasteiger partial charge in [0.25, 0.3) is 0 Å². The molecule has 19 heavy (non-hydrogen) atoms. The highest BCUT2D eigenvalue weighted by molar-refractivity contribution is 5.84. The average Bonchev–Trinajstić information content (AvgIpc) is 2.45. The summed E-state index contributed by atoms with van der Waals surface area (Å²) in [6.45, 7) is 0.388. The van der Waals surface area contributed by atoms with Gasteiger partial charge in [-0.1, -0.05) is 6.07 Å². The fourth-order valence-corrected chi connectivity index (χ4v) is 1.93.